The third kappa shape index (κ3) is 5.54. The molecule has 0 aromatic heterocycles. The Morgan fingerprint density at radius 2 is 1.79 bits per heavy atom. The van der Waals surface area contributed by atoms with E-state index in [1.807, 2.05) is 0 Å². The highest BCUT2D eigenvalue weighted by Gasteiger charge is 2.21. The molecule has 0 aromatic rings. The highest BCUT2D eigenvalue weighted by atomic mass is 32.5. The van der Waals surface area contributed by atoms with E-state index in [0.29, 0.717) is 19.8 Å². The molecule has 7 heteroatoms. The quantitative estimate of drug-likeness (QED) is 0.184. The van der Waals surface area contributed by atoms with Crippen LogP contribution in [-0.2, 0) is 25.4 Å². The van der Waals surface area contributed by atoms with Crippen LogP contribution < -0.4 is 0 Å². The maximum atomic E-state index is 9.07. The second-order valence-corrected chi connectivity index (χ2v) is 5.21. The van der Waals surface area contributed by atoms with E-state index in [9.17, 15) is 0 Å². The molecule has 0 aliphatic rings. The van der Waals surface area contributed by atoms with Crippen LogP contribution in [0.3, 0.4) is 0 Å². The van der Waals surface area contributed by atoms with Gasteiger partial charge in [-0.15, -0.1) is 0 Å². The third-order valence-corrected chi connectivity index (χ3v) is 3.59. The molecule has 0 amide bonds. The minimum absolute atomic E-state index is 0.410. The van der Waals surface area contributed by atoms with Crippen LogP contribution >= 0.6 is 6.72 Å². The summed E-state index contributed by atoms with van der Waals surface area (Å²) in [6.45, 7) is 3.92. The maximum absolute atomic E-state index is 9.07. The molecule has 0 unspecified atom stereocenters. The zero-order valence-corrected chi connectivity index (χ0v) is 10.4. The third-order valence-electron chi connectivity index (χ3n) is 1.20. The first-order chi connectivity index (χ1) is 6.58. The number of hydrogen-bond donors (Lipinski definition) is 1. The predicted octanol–water partition coefficient (Wildman–Crippen LogP) is 1.75. The van der Waals surface area contributed by atoms with Crippen LogP contribution in [0.25, 0.3) is 0 Å². The van der Waals surface area contributed by atoms with Gasteiger partial charge in [0.2, 0.25) is 0 Å². The molecule has 84 valence electrons. The Kier molecular flexibility index (Phi) is 7.09. The molecule has 0 saturated heterocycles. The highest BCUT2D eigenvalue weighted by molar-refractivity contribution is 8.07. The molecule has 0 aromatic carbocycles. The molecule has 0 bridgehead atoms. The van der Waals surface area contributed by atoms with Crippen molar-refractivity contribution in [3.8, 4) is 0 Å². The summed E-state index contributed by atoms with van der Waals surface area (Å²) in [7, 11) is 0. The lowest BCUT2D eigenvalue weighted by atomic mass is 10.8. The van der Waals surface area contributed by atoms with E-state index < -0.39 is 6.72 Å². The van der Waals surface area contributed by atoms with Crippen molar-refractivity contribution in [2.24, 2.45) is 0 Å². The molecule has 0 radical (unpaired) electrons. The van der Waals surface area contributed by atoms with E-state index >= 15 is 0 Å². The fourth-order valence-electron chi connectivity index (χ4n) is 0.601. The Morgan fingerprint density at radius 3 is 2.14 bits per heavy atom. The van der Waals surface area contributed by atoms with Crippen molar-refractivity contribution in [3.63, 3.8) is 0 Å². The fraction of sp³-hybridized carbons (Fsp3) is 0.857. The first-order valence-electron chi connectivity index (χ1n) is 4.44. The molecule has 0 saturated carbocycles. The van der Waals surface area contributed by atoms with E-state index in [2.05, 4.69) is 0 Å². The van der Waals surface area contributed by atoms with Crippen molar-refractivity contribution in [2.75, 3.05) is 19.8 Å². The molecular weight excluding hydrogens is 225 g/mol. The van der Waals surface area contributed by atoms with Crippen LogP contribution in [0, 0.1) is 0 Å². The number of nitrogens with zero attached hydrogens (tertiary/aromatic N) is 1. The second kappa shape index (κ2) is 7.17. The van der Waals surface area contributed by atoms with Crippen LogP contribution in [0.15, 0.2) is 0 Å². The zero-order chi connectivity index (χ0) is 11.0. The first-order valence-corrected chi connectivity index (χ1v) is 7.00. The van der Waals surface area contributed by atoms with Crippen LogP contribution in [-0.4, -0.2) is 36.1 Å². The second-order valence-electron chi connectivity index (χ2n) is 2.25. The van der Waals surface area contributed by atoms with Crippen molar-refractivity contribution in [3.05, 3.63) is 0 Å². The van der Waals surface area contributed by atoms with Gasteiger partial charge in [-0.05, 0) is 20.8 Å². The molecule has 0 aliphatic carbocycles. The number of hydrogen-bond acceptors (Lipinski definition) is 5. The van der Waals surface area contributed by atoms with Gasteiger partial charge in [-0.1, -0.05) is 0 Å². The zero-order valence-electron chi connectivity index (χ0n) is 8.67. The maximum Gasteiger partial charge on any atom is 0.384 e. The Hall–Kier alpha value is -0.160. The summed E-state index contributed by atoms with van der Waals surface area (Å²) in [4.78, 5) is 0. The fourth-order valence-corrected chi connectivity index (χ4v) is 2.40. The van der Waals surface area contributed by atoms with Crippen molar-refractivity contribution < 1.29 is 23.5 Å². The van der Waals surface area contributed by atoms with Crippen molar-refractivity contribution in [1.82, 2.24) is 0 Å². The Bertz CT molecular complexity index is 224. The average Bonchev–Trinajstić information content (AvgIpc) is 2.15. The van der Waals surface area contributed by atoms with E-state index in [4.69, 9.17) is 30.6 Å². The number of rotatable bonds is 7. The number of hydroxylamine groups is 1. The van der Waals surface area contributed by atoms with Crippen LogP contribution in [0.2, 0.25) is 0 Å². The van der Waals surface area contributed by atoms with E-state index in [1.165, 1.54) is 0 Å². The van der Waals surface area contributed by atoms with Crippen LogP contribution in [0.4, 0.5) is 0 Å². The minimum Gasteiger partial charge on any atom is -0.372 e. The van der Waals surface area contributed by atoms with Gasteiger partial charge in [0.05, 0.1) is 13.2 Å². The molecule has 0 heterocycles. The molecule has 5 nitrogen and oxygen atoms in total. The summed E-state index contributed by atoms with van der Waals surface area (Å²) in [5.74, 6) is 0. The Labute approximate surface area is 89.5 Å². The summed E-state index contributed by atoms with van der Waals surface area (Å²) in [5.41, 5.74) is 0. The standard InChI is InChI=1S/C7H17NO4PS/c1-4-8(9)7-12-13(14,10-5-2)11-6-3/h7,9H,4-6H2,1-3H3/q+1. The lowest BCUT2D eigenvalue weighted by molar-refractivity contribution is -0.772. The van der Waals surface area contributed by atoms with Crippen LogP contribution in [0.1, 0.15) is 20.8 Å². The molecule has 0 atom stereocenters. The lowest BCUT2D eigenvalue weighted by Crippen LogP contribution is -2.09. The van der Waals surface area contributed by atoms with Gasteiger partial charge >= 0.3 is 13.1 Å². The van der Waals surface area contributed by atoms with E-state index in [0.717, 1.165) is 11.1 Å². The van der Waals surface area contributed by atoms with Crippen molar-refractivity contribution in [1.29, 1.82) is 0 Å². The van der Waals surface area contributed by atoms with Gasteiger partial charge in [-0.3, -0.25) is 14.3 Å². The largest absolute Gasteiger partial charge is 0.384 e. The van der Waals surface area contributed by atoms with E-state index in [-0.39, 0.29) is 0 Å². The molecule has 0 fully saturated rings. The smallest absolute Gasteiger partial charge is 0.372 e. The predicted molar refractivity (Wildman–Crippen MR) is 57.3 cm³/mol. The van der Waals surface area contributed by atoms with E-state index in [1.54, 1.807) is 20.8 Å². The first kappa shape index (κ1) is 13.8. The van der Waals surface area contributed by atoms with Crippen molar-refractivity contribution in [2.45, 2.75) is 20.8 Å². The average molecular weight is 242 g/mol. The summed E-state index contributed by atoms with van der Waals surface area (Å²) < 4.78 is 16.3. The summed E-state index contributed by atoms with van der Waals surface area (Å²) in [6.07, 6.45) is 1.12. The minimum atomic E-state index is -2.71. The van der Waals surface area contributed by atoms with Gasteiger partial charge < -0.3 is 4.52 Å². The summed E-state index contributed by atoms with van der Waals surface area (Å²) in [5, 5.41) is 9.07. The van der Waals surface area contributed by atoms with Gasteiger partial charge in [0.15, 0.2) is 6.54 Å². The molecule has 1 N–H and O–H groups in total. The van der Waals surface area contributed by atoms with Gasteiger partial charge in [0.1, 0.15) is 0 Å². The normalized spacial score (nSPS) is 12.9. The lowest BCUT2D eigenvalue weighted by Gasteiger charge is -2.16. The van der Waals surface area contributed by atoms with Crippen LogP contribution in [0.5, 0.6) is 0 Å². The molecule has 14 heavy (non-hydrogen) atoms. The van der Waals surface area contributed by atoms with Gasteiger partial charge in [-0.2, -0.15) is 0 Å². The highest BCUT2D eigenvalue weighted by Crippen LogP contribution is 2.48. The molecule has 0 aliphatic heterocycles. The van der Waals surface area contributed by atoms with Gasteiger partial charge in [0, 0.05) is 16.5 Å². The summed E-state index contributed by atoms with van der Waals surface area (Å²) >= 11 is 5.04. The van der Waals surface area contributed by atoms with Gasteiger partial charge in [-0.25, -0.2) is 0 Å². The van der Waals surface area contributed by atoms with Crippen molar-refractivity contribution >= 4 is 24.9 Å². The molecule has 0 rings (SSSR count). The monoisotopic (exact) mass is 242 g/mol. The summed E-state index contributed by atoms with van der Waals surface area (Å²) in [6, 6.07) is 0. The Morgan fingerprint density at radius 1 is 1.29 bits per heavy atom. The SMILES string of the molecule is CCOP(=S)(OC=[N+](O)CC)OCC. The molecule has 0 spiro atoms. The van der Waals surface area contributed by atoms with Gasteiger partial charge in [0.25, 0.3) is 0 Å². The Balaban J connectivity index is 4.29. The topological polar surface area (TPSA) is 50.9 Å². The molecular formula is C7H17NO4PS+.